The molecule has 0 aliphatic rings. The van der Waals surface area contributed by atoms with Gasteiger partial charge in [-0.3, -0.25) is 0 Å². The zero-order chi connectivity index (χ0) is 20.1. The molecule has 0 heterocycles. The van der Waals surface area contributed by atoms with Gasteiger partial charge in [0.2, 0.25) is 0 Å². The summed E-state index contributed by atoms with van der Waals surface area (Å²) < 4.78 is 0. The molecule has 4 aromatic carbocycles. The summed E-state index contributed by atoms with van der Waals surface area (Å²) in [7, 11) is 2.34. The molecule has 0 aliphatic heterocycles. The van der Waals surface area contributed by atoms with E-state index < -0.39 is 7.26 Å². The molecule has 0 spiro atoms. The molecule has 0 saturated heterocycles. The average molecular weight is 476 g/mol. The highest BCUT2D eigenvalue weighted by Gasteiger charge is 2.45. The van der Waals surface area contributed by atoms with Crippen LogP contribution in [0.25, 0.3) is 0 Å². The van der Waals surface area contributed by atoms with E-state index in [4.69, 9.17) is 0 Å². The molecule has 30 heavy (non-hydrogen) atoms. The molecule has 4 rings (SSSR count). The van der Waals surface area contributed by atoms with Crippen LogP contribution in [0.3, 0.4) is 0 Å². The number of hydrogen-bond acceptors (Lipinski definition) is 1. The maximum Gasteiger partial charge on any atom is 0.116 e. The van der Waals surface area contributed by atoms with Crippen molar-refractivity contribution in [3.63, 3.8) is 0 Å². The molecular weight excluding hydrogens is 449 g/mol. The summed E-state index contributed by atoms with van der Waals surface area (Å²) in [6, 6.07) is 42.2. The lowest BCUT2D eigenvalue weighted by molar-refractivity contribution is -0.00000573. The maximum atomic E-state index is 2.34. The Morgan fingerprint density at radius 1 is 0.533 bits per heavy atom. The summed E-state index contributed by atoms with van der Waals surface area (Å²) in [5, 5.41) is 4.27. The molecule has 0 fully saturated rings. The summed E-state index contributed by atoms with van der Waals surface area (Å²) in [6.45, 7) is 0. The lowest BCUT2D eigenvalue weighted by atomic mass is 10.2. The Morgan fingerprint density at radius 2 is 0.933 bits per heavy atom. The van der Waals surface area contributed by atoms with Gasteiger partial charge in [-0.2, -0.15) is 0 Å². The summed E-state index contributed by atoms with van der Waals surface area (Å²) in [6.07, 6.45) is 1.02. The van der Waals surface area contributed by atoms with Gasteiger partial charge in [-0.05, 0) is 54.1 Å². The fourth-order valence-electron chi connectivity index (χ4n) is 3.95. The van der Waals surface area contributed by atoms with Gasteiger partial charge in [0.15, 0.2) is 0 Å². The molecular formula is C27H27BrNP. The number of rotatable bonds is 6. The quantitative estimate of drug-likeness (QED) is 0.386. The van der Waals surface area contributed by atoms with Crippen molar-refractivity contribution in [2.24, 2.45) is 0 Å². The van der Waals surface area contributed by atoms with Gasteiger partial charge in [-0.1, -0.05) is 66.7 Å². The van der Waals surface area contributed by atoms with E-state index in [0.717, 1.165) is 6.16 Å². The summed E-state index contributed by atoms with van der Waals surface area (Å²) in [4.78, 5) is 2.16. The first kappa shape index (κ1) is 22.3. The topological polar surface area (TPSA) is 3.24 Å². The molecule has 0 saturated carbocycles. The molecule has 0 unspecified atom stereocenters. The third-order valence-corrected chi connectivity index (χ3v) is 9.84. The highest BCUT2D eigenvalue weighted by molar-refractivity contribution is 7.95. The normalized spacial score (nSPS) is 10.9. The molecule has 0 atom stereocenters. The molecule has 0 aliphatic carbocycles. The van der Waals surface area contributed by atoms with Crippen molar-refractivity contribution in [3.8, 4) is 0 Å². The average Bonchev–Trinajstić information content (AvgIpc) is 2.79. The number of hydrogen-bond donors (Lipinski definition) is 0. The van der Waals surface area contributed by atoms with Crippen LogP contribution in [0.5, 0.6) is 0 Å². The van der Waals surface area contributed by atoms with E-state index in [2.05, 4.69) is 134 Å². The maximum absolute atomic E-state index is 2.34. The van der Waals surface area contributed by atoms with Gasteiger partial charge < -0.3 is 21.9 Å². The zero-order valence-corrected chi connectivity index (χ0v) is 19.9. The van der Waals surface area contributed by atoms with E-state index in [9.17, 15) is 0 Å². The molecule has 0 amide bonds. The Bertz CT molecular complexity index is 993. The van der Waals surface area contributed by atoms with Gasteiger partial charge in [0.1, 0.15) is 23.2 Å². The van der Waals surface area contributed by atoms with Crippen LogP contribution in [0.4, 0.5) is 5.69 Å². The fraction of sp³-hybridized carbons (Fsp3) is 0.111. The van der Waals surface area contributed by atoms with Gasteiger partial charge in [-0.25, -0.2) is 0 Å². The van der Waals surface area contributed by atoms with Crippen molar-refractivity contribution in [1.29, 1.82) is 0 Å². The van der Waals surface area contributed by atoms with Crippen molar-refractivity contribution in [2.75, 3.05) is 19.0 Å². The molecule has 0 radical (unpaired) electrons. The Morgan fingerprint density at radius 3 is 1.37 bits per heavy atom. The second-order valence-electron chi connectivity index (χ2n) is 7.54. The van der Waals surface area contributed by atoms with E-state index >= 15 is 0 Å². The molecule has 3 heteroatoms. The second kappa shape index (κ2) is 10.1. The predicted molar refractivity (Wildman–Crippen MR) is 130 cm³/mol. The molecule has 0 bridgehead atoms. The van der Waals surface area contributed by atoms with Gasteiger partial charge >= 0.3 is 0 Å². The van der Waals surface area contributed by atoms with Crippen molar-refractivity contribution < 1.29 is 17.0 Å². The summed E-state index contributed by atoms with van der Waals surface area (Å²) in [5.41, 5.74) is 2.61. The van der Waals surface area contributed by atoms with Gasteiger partial charge in [0.05, 0.1) is 6.16 Å². The van der Waals surface area contributed by atoms with Gasteiger partial charge in [-0.15, -0.1) is 0 Å². The summed E-state index contributed by atoms with van der Waals surface area (Å²) >= 11 is 0. The van der Waals surface area contributed by atoms with Crippen LogP contribution in [0, 0.1) is 0 Å². The minimum Gasteiger partial charge on any atom is -1.00 e. The van der Waals surface area contributed by atoms with Gasteiger partial charge in [0.25, 0.3) is 0 Å². The third-order valence-electron chi connectivity index (χ3n) is 5.46. The first-order chi connectivity index (χ1) is 14.2. The van der Waals surface area contributed by atoms with E-state index in [1.165, 1.54) is 27.2 Å². The molecule has 0 aromatic heterocycles. The number of nitrogens with zero attached hydrogens (tertiary/aromatic N) is 1. The van der Waals surface area contributed by atoms with Crippen molar-refractivity contribution in [3.05, 3.63) is 121 Å². The minimum absolute atomic E-state index is 0. The van der Waals surface area contributed by atoms with E-state index in [-0.39, 0.29) is 17.0 Å². The van der Waals surface area contributed by atoms with Crippen molar-refractivity contribution in [1.82, 2.24) is 0 Å². The Hall–Kier alpha value is -2.41. The standard InChI is InChI=1S/C27H27NP.BrH/c1-28(2)24-18-20-27(21-19-24)29(25-14-8-4-9-15-25,26-16-10-5-11-17-26)22-23-12-6-3-7-13-23;/h3-21H,22H2,1-2H3;1H/q+1;/p-1. The lowest BCUT2D eigenvalue weighted by Crippen LogP contribution is -3.00. The van der Waals surface area contributed by atoms with E-state index in [1.807, 2.05) is 0 Å². The first-order valence-corrected chi connectivity index (χ1v) is 12.0. The van der Waals surface area contributed by atoms with E-state index in [0.29, 0.717) is 0 Å². The monoisotopic (exact) mass is 475 g/mol. The highest BCUT2D eigenvalue weighted by Crippen LogP contribution is 2.58. The smallest absolute Gasteiger partial charge is 0.116 e. The molecule has 152 valence electrons. The fourth-order valence-corrected chi connectivity index (χ4v) is 8.17. The summed E-state index contributed by atoms with van der Waals surface area (Å²) in [5.74, 6) is 0. The third kappa shape index (κ3) is 4.51. The predicted octanol–water partition coefficient (Wildman–Crippen LogP) is 2.25. The SMILES string of the molecule is CN(C)c1ccc([P+](Cc2ccccc2)(c2ccccc2)c2ccccc2)cc1.[Br-]. The van der Waals surface area contributed by atoms with Crippen LogP contribution in [-0.4, -0.2) is 14.1 Å². The Labute approximate surface area is 191 Å². The molecule has 1 nitrogen and oxygen atoms in total. The second-order valence-corrected chi connectivity index (χ2v) is 11.0. The number of benzene rings is 4. The largest absolute Gasteiger partial charge is 1.00 e. The zero-order valence-electron chi connectivity index (χ0n) is 17.4. The van der Waals surface area contributed by atoms with Crippen LogP contribution in [-0.2, 0) is 6.16 Å². The first-order valence-electron chi connectivity index (χ1n) is 10.0. The van der Waals surface area contributed by atoms with Crippen molar-refractivity contribution >= 4 is 28.9 Å². The lowest BCUT2D eigenvalue weighted by Gasteiger charge is -2.28. The molecule has 0 N–H and O–H groups in total. The number of halogens is 1. The minimum atomic E-state index is -1.84. The van der Waals surface area contributed by atoms with Crippen LogP contribution < -0.4 is 37.8 Å². The van der Waals surface area contributed by atoms with Crippen LogP contribution in [0.2, 0.25) is 0 Å². The number of anilines is 1. The highest BCUT2D eigenvalue weighted by atomic mass is 79.9. The van der Waals surface area contributed by atoms with Gasteiger partial charge in [0, 0.05) is 19.8 Å². The molecule has 4 aromatic rings. The van der Waals surface area contributed by atoms with Crippen LogP contribution in [0.1, 0.15) is 5.56 Å². The van der Waals surface area contributed by atoms with Crippen molar-refractivity contribution in [2.45, 2.75) is 6.16 Å². The van der Waals surface area contributed by atoms with Crippen LogP contribution in [0.15, 0.2) is 115 Å². The van der Waals surface area contributed by atoms with Crippen LogP contribution >= 0.6 is 7.26 Å². The van der Waals surface area contributed by atoms with E-state index in [1.54, 1.807) is 0 Å². The Balaban J connectivity index is 0.00000256. The Kier molecular flexibility index (Phi) is 7.48.